The molecule has 3 nitrogen and oxygen atoms in total. The summed E-state index contributed by atoms with van der Waals surface area (Å²) in [6, 6.07) is 10.1. The molecule has 3 rings (SSSR count). The number of carbonyl (C=O) groups is 2. The van der Waals surface area contributed by atoms with Gasteiger partial charge in [-0.1, -0.05) is 51.5 Å². The van der Waals surface area contributed by atoms with Crippen molar-refractivity contribution in [3.05, 3.63) is 58.4 Å². The Bertz CT molecular complexity index is 930. The first-order valence-electron chi connectivity index (χ1n) is 10.2. The fourth-order valence-electron chi connectivity index (χ4n) is 3.72. The summed E-state index contributed by atoms with van der Waals surface area (Å²) in [6.07, 6.45) is 4.65. The fourth-order valence-corrected chi connectivity index (χ4v) is 3.72. The molecular formula is C25H29NO2. The Hall–Kier alpha value is -2.55. The van der Waals surface area contributed by atoms with Gasteiger partial charge in [0.1, 0.15) is 11.4 Å². The van der Waals surface area contributed by atoms with Gasteiger partial charge in [-0.05, 0) is 60.2 Å². The number of rotatable bonds is 7. The molecule has 1 heterocycles. The van der Waals surface area contributed by atoms with Crippen LogP contribution in [-0.4, -0.2) is 16.6 Å². The monoisotopic (exact) mass is 375 g/mol. The van der Waals surface area contributed by atoms with Crippen molar-refractivity contribution in [3.63, 3.8) is 0 Å². The average molecular weight is 376 g/mol. The van der Waals surface area contributed by atoms with Crippen molar-refractivity contribution in [2.24, 2.45) is 0 Å². The second kappa shape index (κ2) is 7.83. The van der Waals surface area contributed by atoms with Crippen molar-refractivity contribution >= 4 is 17.6 Å². The molecule has 146 valence electrons. The molecule has 0 unspecified atom stereocenters. The van der Waals surface area contributed by atoms with Gasteiger partial charge in [0.15, 0.2) is 11.6 Å². The van der Waals surface area contributed by atoms with Crippen LogP contribution >= 0.6 is 0 Å². The minimum Gasteiger partial charge on any atom is -0.292 e. The second-order valence-electron chi connectivity index (χ2n) is 8.23. The highest BCUT2D eigenvalue weighted by molar-refractivity contribution is 6.00. The molecule has 0 radical (unpaired) electrons. The van der Waals surface area contributed by atoms with Crippen molar-refractivity contribution in [1.82, 2.24) is 4.98 Å². The predicted octanol–water partition coefficient (Wildman–Crippen LogP) is 6.41. The molecule has 1 aliphatic rings. The standard InChI is InChI=1S/C25H29NO2/c1-6-8-23(27)21-14-19(15-22(26-21)24(28)9-7-2)17-10-11-18-12-16(3)25(4,5)20(18)13-17/h10-15H,6-9H2,1-5H3. The molecule has 0 bridgehead atoms. The van der Waals surface area contributed by atoms with Crippen molar-refractivity contribution in [2.45, 2.75) is 65.7 Å². The predicted molar refractivity (Wildman–Crippen MR) is 115 cm³/mol. The topological polar surface area (TPSA) is 47.0 Å². The van der Waals surface area contributed by atoms with E-state index in [1.807, 2.05) is 26.0 Å². The number of aromatic nitrogens is 1. The van der Waals surface area contributed by atoms with Gasteiger partial charge < -0.3 is 0 Å². The molecule has 0 fully saturated rings. The highest BCUT2D eigenvalue weighted by Crippen LogP contribution is 2.42. The van der Waals surface area contributed by atoms with Crippen LogP contribution in [0, 0.1) is 0 Å². The summed E-state index contributed by atoms with van der Waals surface area (Å²) < 4.78 is 0. The van der Waals surface area contributed by atoms with Gasteiger partial charge in [-0.15, -0.1) is 0 Å². The summed E-state index contributed by atoms with van der Waals surface area (Å²) in [5.74, 6) is -0.0113. The van der Waals surface area contributed by atoms with E-state index in [0.717, 1.165) is 24.0 Å². The summed E-state index contributed by atoms with van der Waals surface area (Å²) in [5, 5.41) is 0. The number of carbonyl (C=O) groups excluding carboxylic acids is 2. The lowest BCUT2D eigenvalue weighted by molar-refractivity contribution is 0.0973. The zero-order valence-electron chi connectivity index (χ0n) is 17.6. The van der Waals surface area contributed by atoms with Crippen molar-refractivity contribution in [3.8, 4) is 11.1 Å². The van der Waals surface area contributed by atoms with E-state index in [-0.39, 0.29) is 17.0 Å². The van der Waals surface area contributed by atoms with Gasteiger partial charge in [0, 0.05) is 18.3 Å². The molecule has 0 amide bonds. The van der Waals surface area contributed by atoms with Gasteiger partial charge >= 0.3 is 0 Å². The maximum atomic E-state index is 12.5. The van der Waals surface area contributed by atoms with Crippen LogP contribution in [-0.2, 0) is 5.41 Å². The number of nitrogens with zero attached hydrogens (tertiary/aromatic N) is 1. The number of benzene rings is 1. The van der Waals surface area contributed by atoms with Crippen LogP contribution in [0.3, 0.4) is 0 Å². The molecule has 0 spiro atoms. The largest absolute Gasteiger partial charge is 0.292 e. The molecule has 1 aromatic heterocycles. The summed E-state index contributed by atoms with van der Waals surface area (Å²) in [7, 11) is 0. The van der Waals surface area contributed by atoms with Crippen LogP contribution in [0.25, 0.3) is 17.2 Å². The van der Waals surface area contributed by atoms with E-state index in [0.29, 0.717) is 24.2 Å². The maximum absolute atomic E-state index is 12.5. The number of pyridine rings is 1. The van der Waals surface area contributed by atoms with E-state index in [1.165, 1.54) is 16.7 Å². The first kappa shape index (κ1) is 20.2. The van der Waals surface area contributed by atoms with Gasteiger partial charge in [-0.3, -0.25) is 9.59 Å². The highest BCUT2D eigenvalue weighted by atomic mass is 16.1. The Morgan fingerprint density at radius 1 is 0.893 bits per heavy atom. The van der Waals surface area contributed by atoms with Crippen LogP contribution in [0.1, 0.15) is 92.4 Å². The lowest BCUT2D eigenvalue weighted by atomic mass is 9.81. The Morgan fingerprint density at radius 3 is 2.00 bits per heavy atom. The number of ketones is 2. The molecule has 2 aromatic rings. The third kappa shape index (κ3) is 3.71. The van der Waals surface area contributed by atoms with E-state index in [9.17, 15) is 9.59 Å². The Balaban J connectivity index is 2.10. The zero-order chi connectivity index (χ0) is 20.5. The molecule has 1 aliphatic carbocycles. The van der Waals surface area contributed by atoms with Crippen molar-refractivity contribution in [1.29, 1.82) is 0 Å². The lowest BCUT2D eigenvalue weighted by Crippen LogP contribution is -2.15. The molecule has 0 atom stereocenters. The van der Waals surface area contributed by atoms with Crippen molar-refractivity contribution < 1.29 is 9.59 Å². The van der Waals surface area contributed by atoms with Gasteiger partial charge in [0.05, 0.1) is 0 Å². The van der Waals surface area contributed by atoms with Gasteiger partial charge in [0.2, 0.25) is 0 Å². The summed E-state index contributed by atoms with van der Waals surface area (Å²) >= 11 is 0. The van der Waals surface area contributed by atoms with Gasteiger partial charge in [-0.25, -0.2) is 4.98 Å². The maximum Gasteiger partial charge on any atom is 0.181 e. The van der Waals surface area contributed by atoms with Crippen LogP contribution in [0.15, 0.2) is 35.9 Å². The van der Waals surface area contributed by atoms with Gasteiger partial charge in [0.25, 0.3) is 0 Å². The highest BCUT2D eigenvalue weighted by Gasteiger charge is 2.30. The summed E-state index contributed by atoms with van der Waals surface area (Å²) in [4.78, 5) is 29.4. The molecule has 0 N–H and O–H groups in total. The smallest absolute Gasteiger partial charge is 0.181 e. The fraction of sp³-hybridized carbons (Fsp3) is 0.400. The normalized spacial score (nSPS) is 14.5. The number of hydrogen-bond acceptors (Lipinski definition) is 3. The second-order valence-corrected chi connectivity index (χ2v) is 8.23. The SMILES string of the molecule is CCCC(=O)c1cc(-c2ccc3c(c2)C(C)(C)C(C)=C3)cc(C(=O)CCC)n1. The molecule has 1 aromatic carbocycles. The third-order valence-corrected chi connectivity index (χ3v) is 5.77. The third-order valence-electron chi connectivity index (χ3n) is 5.77. The van der Waals surface area contributed by atoms with Crippen LogP contribution in [0.4, 0.5) is 0 Å². The molecule has 0 saturated carbocycles. The minimum absolute atomic E-state index is 0.00565. The number of Topliss-reactive ketones (excluding diaryl/α,β-unsaturated/α-hetero) is 2. The lowest BCUT2D eigenvalue weighted by Gasteiger charge is -2.23. The first-order chi connectivity index (χ1) is 13.3. The van der Waals surface area contributed by atoms with Crippen LogP contribution in [0.5, 0.6) is 0 Å². The molecular weight excluding hydrogens is 346 g/mol. The van der Waals surface area contributed by atoms with Crippen molar-refractivity contribution in [2.75, 3.05) is 0 Å². The average Bonchev–Trinajstić information content (AvgIpc) is 2.90. The van der Waals surface area contributed by atoms with Gasteiger partial charge in [-0.2, -0.15) is 0 Å². The Kier molecular flexibility index (Phi) is 5.64. The Morgan fingerprint density at radius 2 is 1.46 bits per heavy atom. The molecule has 0 aliphatic heterocycles. The first-order valence-corrected chi connectivity index (χ1v) is 10.2. The zero-order valence-corrected chi connectivity index (χ0v) is 17.6. The van der Waals surface area contributed by atoms with E-state index in [1.54, 1.807) is 0 Å². The van der Waals surface area contributed by atoms with Crippen LogP contribution in [0.2, 0.25) is 0 Å². The number of allylic oxidation sites excluding steroid dienone is 1. The van der Waals surface area contributed by atoms with Crippen LogP contribution < -0.4 is 0 Å². The quantitative estimate of drug-likeness (QED) is 0.525. The molecule has 0 saturated heterocycles. The van der Waals surface area contributed by atoms with E-state index in [4.69, 9.17) is 0 Å². The molecule has 28 heavy (non-hydrogen) atoms. The van der Waals surface area contributed by atoms with E-state index >= 15 is 0 Å². The number of hydrogen-bond donors (Lipinski definition) is 0. The Labute approximate surface area is 167 Å². The molecule has 3 heteroatoms. The van der Waals surface area contributed by atoms with E-state index in [2.05, 4.69) is 50.0 Å². The summed E-state index contributed by atoms with van der Waals surface area (Å²) in [6.45, 7) is 10.6. The number of fused-ring (bicyclic) bond motifs is 1. The van der Waals surface area contributed by atoms with E-state index < -0.39 is 0 Å². The minimum atomic E-state index is -0.0138. The summed E-state index contributed by atoms with van der Waals surface area (Å²) in [5.41, 5.74) is 6.55.